The summed E-state index contributed by atoms with van der Waals surface area (Å²) in [7, 11) is 2.09. The van der Waals surface area contributed by atoms with Gasteiger partial charge in [-0.1, -0.05) is 54.9 Å². The van der Waals surface area contributed by atoms with Crippen LogP contribution in [0.15, 0.2) is 48.5 Å². The van der Waals surface area contributed by atoms with Crippen LogP contribution in [0.1, 0.15) is 18.1 Å². The Morgan fingerprint density at radius 2 is 1.81 bits per heavy atom. The summed E-state index contributed by atoms with van der Waals surface area (Å²) in [5.41, 5.74) is 3.67. The van der Waals surface area contributed by atoms with Crippen molar-refractivity contribution in [2.45, 2.75) is 19.9 Å². The van der Waals surface area contributed by atoms with E-state index < -0.39 is 0 Å². The predicted molar refractivity (Wildman–Crippen MR) is 92.2 cm³/mol. The third-order valence-electron chi connectivity index (χ3n) is 3.58. The fraction of sp³-hybridized carbons (Fsp3) is 0.333. The second-order valence-corrected chi connectivity index (χ2v) is 5.63. The normalized spacial score (nSPS) is 10.6. The average Bonchev–Trinajstić information content (AvgIpc) is 2.51. The maximum Gasteiger partial charge on any atom is 0.0642 e. The lowest BCUT2D eigenvalue weighted by Gasteiger charge is -2.21. The first-order valence-corrected chi connectivity index (χ1v) is 7.82. The summed E-state index contributed by atoms with van der Waals surface area (Å²) in [6, 6.07) is 16.8. The molecule has 0 saturated heterocycles. The predicted octanol–water partition coefficient (Wildman–Crippen LogP) is 4.13. The van der Waals surface area contributed by atoms with Crippen molar-refractivity contribution < 1.29 is 0 Å². The van der Waals surface area contributed by atoms with Crippen molar-refractivity contribution in [3.63, 3.8) is 0 Å². The molecule has 0 bridgehead atoms. The van der Waals surface area contributed by atoms with E-state index >= 15 is 0 Å². The quantitative estimate of drug-likeness (QED) is 0.827. The van der Waals surface area contributed by atoms with E-state index in [-0.39, 0.29) is 0 Å². The van der Waals surface area contributed by atoms with Crippen LogP contribution >= 0.6 is 11.6 Å². The lowest BCUT2D eigenvalue weighted by molar-refractivity contribution is 0.726. The summed E-state index contributed by atoms with van der Waals surface area (Å²) in [6.07, 6.45) is 1.02. The molecule has 0 amide bonds. The molecular formula is C18H23ClN2. The van der Waals surface area contributed by atoms with Crippen LogP contribution in [-0.2, 0) is 13.0 Å². The van der Waals surface area contributed by atoms with E-state index in [9.17, 15) is 0 Å². The van der Waals surface area contributed by atoms with Crippen LogP contribution in [0.25, 0.3) is 0 Å². The lowest BCUT2D eigenvalue weighted by Crippen LogP contribution is -2.21. The first-order valence-electron chi connectivity index (χ1n) is 7.45. The van der Waals surface area contributed by atoms with Gasteiger partial charge in [-0.05, 0) is 36.2 Å². The topological polar surface area (TPSA) is 15.3 Å². The molecule has 0 aliphatic carbocycles. The lowest BCUT2D eigenvalue weighted by atomic mass is 10.1. The van der Waals surface area contributed by atoms with E-state index in [1.54, 1.807) is 0 Å². The minimum Gasteiger partial charge on any atom is -0.373 e. The monoisotopic (exact) mass is 302 g/mol. The second kappa shape index (κ2) is 8.06. The third kappa shape index (κ3) is 4.76. The number of benzene rings is 2. The molecule has 2 aromatic rings. The molecule has 0 radical (unpaired) electrons. The number of hydrogen-bond donors (Lipinski definition) is 1. The van der Waals surface area contributed by atoms with Gasteiger partial charge < -0.3 is 10.2 Å². The van der Waals surface area contributed by atoms with Gasteiger partial charge in [0.15, 0.2) is 0 Å². The number of likely N-dealkylation sites (N-methyl/N-ethyl adjacent to an activating group) is 1. The van der Waals surface area contributed by atoms with Crippen LogP contribution in [0.2, 0.25) is 5.02 Å². The van der Waals surface area contributed by atoms with Crippen LogP contribution in [0.3, 0.4) is 0 Å². The van der Waals surface area contributed by atoms with Crippen molar-refractivity contribution in [3.8, 4) is 0 Å². The molecule has 2 nitrogen and oxygen atoms in total. The summed E-state index contributed by atoms with van der Waals surface area (Å²) < 4.78 is 0. The molecule has 2 rings (SSSR count). The molecule has 21 heavy (non-hydrogen) atoms. The van der Waals surface area contributed by atoms with Crippen molar-refractivity contribution in [1.29, 1.82) is 0 Å². The third-order valence-corrected chi connectivity index (χ3v) is 3.88. The van der Waals surface area contributed by atoms with Gasteiger partial charge in [-0.15, -0.1) is 0 Å². The highest BCUT2D eigenvalue weighted by atomic mass is 35.5. The number of rotatable bonds is 7. The number of nitrogens with one attached hydrogen (secondary N) is 1. The molecule has 0 aliphatic heterocycles. The van der Waals surface area contributed by atoms with Crippen LogP contribution in [0, 0.1) is 0 Å². The zero-order chi connectivity index (χ0) is 15.1. The fourth-order valence-electron chi connectivity index (χ4n) is 2.30. The molecule has 0 unspecified atom stereocenters. The van der Waals surface area contributed by atoms with Crippen molar-refractivity contribution >= 4 is 17.3 Å². The van der Waals surface area contributed by atoms with Crippen LogP contribution < -0.4 is 10.2 Å². The SMILES string of the molecule is CCNCc1ccc(N(C)CCc2ccccc2)c(Cl)c1. The van der Waals surface area contributed by atoms with Gasteiger partial charge in [-0.2, -0.15) is 0 Å². The van der Waals surface area contributed by atoms with E-state index in [1.807, 2.05) is 6.07 Å². The van der Waals surface area contributed by atoms with Gasteiger partial charge >= 0.3 is 0 Å². The van der Waals surface area contributed by atoms with Gasteiger partial charge in [0.05, 0.1) is 10.7 Å². The Morgan fingerprint density at radius 3 is 2.48 bits per heavy atom. The van der Waals surface area contributed by atoms with Gasteiger partial charge in [-0.25, -0.2) is 0 Å². The molecule has 3 heteroatoms. The molecule has 0 aliphatic rings. The molecule has 0 atom stereocenters. The largest absolute Gasteiger partial charge is 0.373 e. The van der Waals surface area contributed by atoms with E-state index in [1.165, 1.54) is 11.1 Å². The Kier molecular flexibility index (Phi) is 6.09. The zero-order valence-electron chi connectivity index (χ0n) is 12.8. The number of anilines is 1. The molecule has 0 fully saturated rings. The number of nitrogens with zero attached hydrogens (tertiary/aromatic N) is 1. The summed E-state index contributed by atoms with van der Waals surface area (Å²) in [6.45, 7) is 4.89. The van der Waals surface area contributed by atoms with Gasteiger partial charge in [-0.3, -0.25) is 0 Å². The molecule has 2 aromatic carbocycles. The first-order chi connectivity index (χ1) is 10.2. The zero-order valence-corrected chi connectivity index (χ0v) is 13.5. The van der Waals surface area contributed by atoms with E-state index in [2.05, 4.69) is 66.7 Å². The fourth-order valence-corrected chi connectivity index (χ4v) is 2.65. The van der Waals surface area contributed by atoms with Crippen molar-refractivity contribution in [2.75, 3.05) is 25.0 Å². The van der Waals surface area contributed by atoms with Crippen LogP contribution in [0.5, 0.6) is 0 Å². The highest BCUT2D eigenvalue weighted by molar-refractivity contribution is 6.33. The Balaban J connectivity index is 1.97. The Bertz CT molecular complexity index is 554. The molecule has 0 aromatic heterocycles. The minimum atomic E-state index is 0.820. The first kappa shape index (κ1) is 15.9. The van der Waals surface area contributed by atoms with Gasteiger partial charge in [0.1, 0.15) is 0 Å². The molecule has 0 heterocycles. The molecule has 112 valence electrons. The van der Waals surface area contributed by atoms with Crippen molar-refractivity contribution in [1.82, 2.24) is 5.32 Å². The summed E-state index contributed by atoms with van der Waals surface area (Å²) in [4.78, 5) is 2.21. The Hall–Kier alpha value is -1.51. The summed E-state index contributed by atoms with van der Waals surface area (Å²) in [5.74, 6) is 0. The molecule has 0 saturated carbocycles. The maximum absolute atomic E-state index is 6.42. The maximum atomic E-state index is 6.42. The molecular weight excluding hydrogens is 280 g/mol. The highest BCUT2D eigenvalue weighted by Gasteiger charge is 2.07. The van der Waals surface area contributed by atoms with Gasteiger partial charge in [0.25, 0.3) is 0 Å². The smallest absolute Gasteiger partial charge is 0.0642 e. The van der Waals surface area contributed by atoms with Gasteiger partial charge in [0, 0.05) is 20.1 Å². The molecule has 0 spiro atoms. The van der Waals surface area contributed by atoms with Gasteiger partial charge in [0.2, 0.25) is 0 Å². The average molecular weight is 303 g/mol. The van der Waals surface area contributed by atoms with E-state index in [4.69, 9.17) is 11.6 Å². The Morgan fingerprint density at radius 1 is 1.05 bits per heavy atom. The molecule has 1 N–H and O–H groups in total. The number of halogens is 1. The summed E-state index contributed by atoms with van der Waals surface area (Å²) >= 11 is 6.42. The Labute approximate surface area is 132 Å². The summed E-state index contributed by atoms with van der Waals surface area (Å²) in [5, 5.41) is 4.14. The standard InChI is InChI=1S/C18H23ClN2/c1-3-20-14-16-9-10-18(17(19)13-16)21(2)12-11-15-7-5-4-6-8-15/h4-10,13,20H,3,11-12,14H2,1-2H3. The van der Waals surface area contributed by atoms with Crippen molar-refractivity contribution in [2.24, 2.45) is 0 Å². The van der Waals surface area contributed by atoms with Crippen LogP contribution in [-0.4, -0.2) is 20.1 Å². The minimum absolute atomic E-state index is 0.820. The van der Waals surface area contributed by atoms with Crippen LogP contribution in [0.4, 0.5) is 5.69 Å². The number of hydrogen-bond acceptors (Lipinski definition) is 2. The highest BCUT2D eigenvalue weighted by Crippen LogP contribution is 2.26. The van der Waals surface area contributed by atoms with Crippen molar-refractivity contribution in [3.05, 3.63) is 64.7 Å². The van der Waals surface area contributed by atoms with E-state index in [0.29, 0.717) is 0 Å². The second-order valence-electron chi connectivity index (χ2n) is 5.22. The van der Waals surface area contributed by atoms with E-state index in [0.717, 1.165) is 36.8 Å².